The molecule has 2 aromatic heterocycles. The average Bonchev–Trinajstić information content (AvgIpc) is 2.89. The number of nitrogens with one attached hydrogen (secondary N) is 1. The largest absolute Gasteiger partial charge is 0.466 e. The summed E-state index contributed by atoms with van der Waals surface area (Å²) in [7, 11) is 0. The number of nitrogens with zero attached hydrogens (tertiary/aromatic N) is 2. The van der Waals surface area contributed by atoms with E-state index >= 15 is 0 Å². The highest BCUT2D eigenvalue weighted by atomic mass is 32.2. The van der Waals surface area contributed by atoms with E-state index in [0.717, 1.165) is 36.6 Å². The first-order valence-corrected chi connectivity index (χ1v) is 8.81. The highest BCUT2D eigenvalue weighted by Crippen LogP contribution is 2.32. The van der Waals surface area contributed by atoms with Gasteiger partial charge in [-0.2, -0.15) is 0 Å². The van der Waals surface area contributed by atoms with E-state index in [2.05, 4.69) is 15.3 Å². The zero-order chi connectivity index (χ0) is 16.2. The Balaban J connectivity index is 1.49. The van der Waals surface area contributed by atoms with Crippen molar-refractivity contribution >= 4 is 17.7 Å². The summed E-state index contributed by atoms with van der Waals surface area (Å²) < 4.78 is 5.43. The van der Waals surface area contributed by atoms with Crippen LogP contribution in [0.3, 0.4) is 0 Å². The van der Waals surface area contributed by atoms with Crippen LogP contribution in [0.15, 0.2) is 34.1 Å². The minimum absolute atomic E-state index is 0.0261. The Hall–Kier alpha value is -1.82. The van der Waals surface area contributed by atoms with Crippen LogP contribution in [0.1, 0.15) is 47.6 Å². The van der Waals surface area contributed by atoms with E-state index < -0.39 is 0 Å². The van der Waals surface area contributed by atoms with Crippen LogP contribution in [0.4, 0.5) is 0 Å². The first kappa shape index (κ1) is 16.1. The average molecular weight is 331 g/mol. The van der Waals surface area contributed by atoms with Gasteiger partial charge < -0.3 is 9.73 Å². The maximum atomic E-state index is 12.3. The minimum atomic E-state index is -0.0261. The van der Waals surface area contributed by atoms with Crippen molar-refractivity contribution in [1.82, 2.24) is 15.3 Å². The van der Waals surface area contributed by atoms with Gasteiger partial charge >= 0.3 is 0 Å². The highest BCUT2D eigenvalue weighted by molar-refractivity contribution is 7.99. The van der Waals surface area contributed by atoms with Gasteiger partial charge in [0, 0.05) is 23.7 Å². The molecule has 3 rings (SSSR count). The summed E-state index contributed by atoms with van der Waals surface area (Å²) in [6.45, 7) is 3.69. The molecule has 2 aromatic rings. The summed E-state index contributed by atoms with van der Waals surface area (Å²) in [5, 5.41) is 4.50. The predicted octanol–water partition coefficient (Wildman–Crippen LogP) is 3.52. The molecule has 0 radical (unpaired) electrons. The van der Waals surface area contributed by atoms with Crippen LogP contribution in [0.2, 0.25) is 0 Å². The van der Waals surface area contributed by atoms with Gasteiger partial charge in [-0.15, -0.1) is 0 Å². The Labute approximate surface area is 140 Å². The molecule has 0 bridgehead atoms. The maximum absolute atomic E-state index is 12.3. The van der Waals surface area contributed by atoms with E-state index in [1.54, 1.807) is 30.2 Å². The third kappa shape index (κ3) is 4.13. The van der Waals surface area contributed by atoms with Gasteiger partial charge in [0.15, 0.2) is 5.16 Å². The summed E-state index contributed by atoms with van der Waals surface area (Å²) in [4.78, 5) is 20.9. The Morgan fingerprint density at radius 3 is 2.52 bits per heavy atom. The van der Waals surface area contributed by atoms with Crippen molar-refractivity contribution in [2.45, 2.75) is 56.0 Å². The zero-order valence-corrected chi connectivity index (χ0v) is 14.2. The van der Waals surface area contributed by atoms with Crippen LogP contribution >= 0.6 is 11.8 Å². The third-order valence-corrected chi connectivity index (χ3v) is 5.34. The second-order valence-electron chi connectivity index (χ2n) is 5.92. The second kappa shape index (κ2) is 7.17. The molecule has 1 amide bonds. The lowest BCUT2D eigenvalue weighted by Gasteiger charge is -2.28. The Morgan fingerprint density at radius 2 is 1.91 bits per heavy atom. The van der Waals surface area contributed by atoms with E-state index in [1.807, 2.05) is 19.9 Å². The SMILES string of the molecule is Cc1cc(C(=O)NC2CCC(Sc3ncccn3)CC2)c(C)o1. The minimum Gasteiger partial charge on any atom is -0.466 e. The summed E-state index contributed by atoms with van der Waals surface area (Å²) >= 11 is 1.74. The van der Waals surface area contributed by atoms with Crippen molar-refractivity contribution in [3.63, 3.8) is 0 Å². The zero-order valence-electron chi connectivity index (χ0n) is 13.4. The highest BCUT2D eigenvalue weighted by Gasteiger charge is 2.25. The van der Waals surface area contributed by atoms with Gasteiger partial charge in [0.25, 0.3) is 5.91 Å². The summed E-state index contributed by atoms with van der Waals surface area (Å²) in [6, 6.07) is 3.88. The molecule has 0 spiro atoms. The number of rotatable bonds is 4. The van der Waals surface area contributed by atoms with E-state index in [9.17, 15) is 4.79 Å². The number of carbonyl (C=O) groups is 1. The summed E-state index contributed by atoms with van der Waals surface area (Å²) in [5.41, 5.74) is 0.650. The molecule has 122 valence electrons. The van der Waals surface area contributed by atoms with Gasteiger partial charge in [0.1, 0.15) is 11.5 Å². The summed E-state index contributed by atoms with van der Waals surface area (Å²) in [6.07, 6.45) is 7.67. The number of thioether (sulfide) groups is 1. The lowest BCUT2D eigenvalue weighted by atomic mass is 9.94. The molecule has 23 heavy (non-hydrogen) atoms. The van der Waals surface area contributed by atoms with Crippen LogP contribution in [-0.2, 0) is 0 Å². The van der Waals surface area contributed by atoms with Gasteiger partial charge in [-0.1, -0.05) is 11.8 Å². The molecule has 2 heterocycles. The number of carbonyl (C=O) groups excluding carboxylic acids is 1. The van der Waals surface area contributed by atoms with Crippen LogP contribution in [0, 0.1) is 13.8 Å². The summed E-state index contributed by atoms with van der Waals surface area (Å²) in [5.74, 6) is 1.43. The third-order valence-electron chi connectivity index (χ3n) is 4.11. The molecular formula is C17H21N3O2S. The van der Waals surface area contributed by atoms with Crippen molar-refractivity contribution in [2.75, 3.05) is 0 Å². The molecule has 1 aliphatic carbocycles. The molecule has 1 N–H and O–H groups in total. The van der Waals surface area contributed by atoms with Gasteiger partial charge in [-0.3, -0.25) is 4.79 Å². The number of hydrogen-bond acceptors (Lipinski definition) is 5. The van der Waals surface area contributed by atoms with Gasteiger partial charge in [-0.25, -0.2) is 9.97 Å². The van der Waals surface area contributed by atoms with Crippen molar-refractivity contribution in [1.29, 1.82) is 0 Å². The van der Waals surface area contributed by atoms with Crippen molar-refractivity contribution in [2.24, 2.45) is 0 Å². The van der Waals surface area contributed by atoms with Crippen LogP contribution in [0.5, 0.6) is 0 Å². The molecule has 1 saturated carbocycles. The molecule has 0 aliphatic heterocycles. The van der Waals surface area contributed by atoms with Crippen molar-refractivity contribution < 1.29 is 9.21 Å². The Kier molecular flexibility index (Phi) is 5.00. The maximum Gasteiger partial charge on any atom is 0.255 e. The molecule has 0 aromatic carbocycles. The second-order valence-corrected chi connectivity index (χ2v) is 7.19. The van der Waals surface area contributed by atoms with Crippen molar-refractivity contribution in [3.8, 4) is 0 Å². The van der Waals surface area contributed by atoms with Gasteiger partial charge in [0.05, 0.1) is 5.56 Å². The standard InChI is InChI=1S/C17H21N3O2S/c1-11-10-15(12(2)22-11)16(21)20-13-4-6-14(7-5-13)23-17-18-8-3-9-19-17/h3,8-10,13-14H,4-7H2,1-2H3,(H,20,21). The van der Waals surface area contributed by atoms with Crippen molar-refractivity contribution in [3.05, 3.63) is 41.6 Å². The number of furan rings is 1. The molecule has 0 saturated heterocycles. The molecule has 6 heteroatoms. The van der Waals surface area contributed by atoms with E-state index in [1.165, 1.54) is 0 Å². The van der Waals surface area contributed by atoms with E-state index in [-0.39, 0.29) is 11.9 Å². The topological polar surface area (TPSA) is 68.0 Å². The van der Waals surface area contributed by atoms with Gasteiger partial charge in [-0.05, 0) is 51.7 Å². The van der Waals surface area contributed by atoms with Crippen LogP contribution in [-0.4, -0.2) is 27.2 Å². The molecular weight excluding hydrogens is 310 g/mol. The Bertz CT molecular complexity index is 664. The fourth-order valence-corrected chi connectivity index (χ4v) is 3.99. The molecule has 0 unspecified atom stereocenters. The van der Waals surface area contributed by atoms with E-state index in [4.69, 9.17) is 4.42 Å². The quantitative estimate of drug-likeness (QED) is 0.868. The molecule has 5 nitrogen and oxygen atoms in total. The molecule has 1 fully saturated rings. The normalized spacial score (nSPS) is 21.1. The van der Waals surface area contributed by atoms with E-state index in [0.29, 0.717) is 16.6 Å². The van der Waals surface area contributed by atoms with Gasteiger partial charge in [0.2, 0.25) is 0 Å². The molecule has 0 atom stereocenters. The monoisotopic (exact) mass is 331 g/mol. The predicted molar refractivity (Wildman–Crippen MR) is 89.6 cm³/mol. The lowest BCUT2D eigenvalue weighted by molar-refractivity contribution is 0.0926. The number of hydrogen-bond donors (Lipinski definition) is 1. The fraction of sp³-hybridized carbons (Fsp3) is 0.471. The number of amides is 1. The number of aryl methyl sites for hydroxylation is 2. The van der Waals surface area contributed by atoms with Crippen LogP contribution < -0.4 is 5.32 Å². The number of aromatic nitrogens is 2. The fourth-order valence-electron chi connectivity index (χ4n) is 2.94. The first-order chi connectivity index (χ1) is 11.1. The smallest absolute Gasteiger partial charge is 0.255 e. The first-order valence-electron chi connectivity index (χ1n) is 7.93. The Morgan fingerprint density at radius 1 is 1.22 bits per heavy atom. The lowest BCUT2D eigenvalue weighted by Crippen LogP contribution is -2.38. The molecule has 1 aliphatic rings. The van der Waals surface area contributed by atoms with Crippen LogP contribution in [0.25, 0.3) is 0 Å².